The highest BCUT2D eigenvalue weighted by atomic mass is 35.5. The number of halogens is 1. The van der Waals surface area contributed by atoms with Gasteiger partial charge >= 0.3 is 0 Å². The standard InChI is InChI=1S/C22H16ClN3O5S/c23-13-3-1-4-14(7-13)24-20(27)11-32-22-25-17-9-19-18(30-12-31-19)8-16(17)21(28)26(22)10-15-5-2-6-29-15/h1-9H,10-12H2,(H,24,27). The summed E-state index contributed by atoms with van der Waals surface area (Å²) in [7, 11) is 0. The van der Waals surface area contributed by atoms with Gasteiger partial charge in [-0.3, -0.25) is 14.2 Å². The van der Waals surface area contributed by atoms with Crippen molar-refractivity contribution in [3.05, 3.63) is 75.9 Å². The van der Waals surface area contributed by atoms with Crippen molar-refractivity contribution in [1.82, 2.24) is 9.55 Å². The molecular formula is C22H16ClN3O5S. The molecule has 2 aromatic heterocycles. The molecule has 1 N–H and O–H groups in total. The number of hydrogen-bond donors (Lipinski definition) is 1. The van der Waals surface area contributed by atoms with Crippen LogP contribution in [0.1, 0.15) is 5.76 Å². The maximum Gasteiger partial charge on any atom is 0.262 e. The highest BCUT2D eigenvalue weighted by Crippen LogP contribution is 2.35. The van der Waals surface area contributed by atoms with Crippen LogP contribution in [-0.4, -0.2) is 28.0 Å². The molecular weight excluding hydrogens is 454 g/mol. The van der Waals surface area contributed by atoms with E-state index in [4.69, 9.17) is 25.5 Å². The first-order valence-electron chi connectivity index (χ1n) is 9.61. The minimum absolute atomic E-state index is 0.0488. The van der Waals surface area contributed by atoms with E-state index in [0.717, 1.165) is 11.8 Å². The Morgan fingerprint density at radius 2 is 2.00 bits per heavy atom. The lowest BCUT2D eigenvalue weighted by molar-refractivity contribution is -0.113. The first-order chi connectivity index (χ1) is 15.6. The Morgan fingerprint density at radius 1 is 1.16 bits per heavy atom. The van der Waals surface area contributed by atoms with Gasteiger partial charge in [0.1, 0.15) is 5.76 Å². The van der Waals surface area contributed by atoms with Gasteiger partial charge in [0.2, 0.25) is 12.7 Å². The lowest BCUT2D eigenvalue weighted by Crippen LogP contribution is -2.24. The van der Waals surface area contributed by atoms with Crippen molar-refractivity contribution in [1.29, 1.82) is 0 Å². The Labute approximate surface area is 191 Å². The summed E-state index contributed by atoms with van der Waals surface area (Å²) in [5.74, 6) is 1.43. The van der Waals surface area contributed by atoms with E-state index >= 15 is 0 Å². The number of ether oxygens (including phenoxy) is 2. The van der Waals surface area contributed by atoms with Gasteiger partial charge in [-0.1, -0.05) is 29.4 Å². The summed E-state index contributed by atoms with van der Waals surface area (Å²) in [6.45, 7) is 0.277. The predicted octanol–water partition coefficient (Wildman–Crippen LogP) is 4.15. The Kier molecular flexibility index (Phi) is 5.50. The van der Waals surface area contributed by atoms with Crippen LogP contribution in [0.25, 0.3) is 10.9 Å². The van der Waals surface area contributed by atoms with Gasteiger partial charge in [-0.15, -0.1) is 0 Å². The van der Waals surface area contributed by atoms with Gasteiger partial charge in [-0.25, -0.2) is 4.98 Å². The van der Waals surface area contributed by atoms with Crippen molar-refractivity contribution < 1.29 is 18.7 Å². The van der Waals surface area contributed by atoms with Crippen molar-refractivity contribution in [2.24, 2.45) is 0 Å². The average Bonchev–Trinajstić information content (AvgIpc) is 3.45. The van der Waals surface area contributed by atoms with E-state index in [2.05, 4.69) is 10.3 Å². The molecule has 1 aliphatic heterocycles. The second kappa shape index (κ2) is 8.60. The molecule has 0 fully saturated rings. The molecule has 0 saturated heterocycles. The molecule has 0 aliphatic carbocycles. The van der Waals surface area contributed by atoms with Gasteiger partial charge in [-0.2, -0.15) is 0 Å². The third kappa shape index (κ3) is 4.17. The largest absolute Gasteiger partial charge is 0.467 e. The van der Waals surface area contributed by atoms with Gasteiger partial charge < -0.3 is 19.2 Å². The van der Waals surface area contributed by atoms with Crippen molar-refractivity contribution in [2.45, 2.75) is 11.7 Å². The molecule has 0 bridgehead atoms. The highest BCUT2D eigenvalue weighted by molar-refractivity contribution is 7.99. The minimum Gasteiger partial charge on any atom is -0.467 e. The fourth-order valence-corrected chi connectivity index (χ4v) is 4.28. The van der Waals surface area contributed by atoms with E-state index in [1.807, 2.05) is 0 Å². The number of fused-ring (bicyclic) bond motifs is 2. The van der Waals surface area contributed by atoms with Crippen LogP contribution in [0.4, 0.5) is 5.69 Å². The van der Waals surface area contributed by atoms with Crippen molar-refractivity contribution in [3.63, 3.8) is 0 Å². The summed E-state index contributed by atoms with van der Waals surface area (Å²) in [5.41, 5.74) is 0.797. The molecule has 32 heavy (non-hydrogen) atoms. The predicted molar refractivity (Wildman–Crippen MR) is 121 cm³/mol. The molecule has 1 aliphatic rings. The number of nitrogens with zero attached hydrogens (tertiary/aromatic N) is 2. The van der Waals surface area contributed by atoms with Crippen LogP contribution in [0.15, 0.2) is 69.2 Å². The van der Waals surface area contributed by atoms with Crippen LogP contribution < -0.4 is 20.3 Å². The zero-order valence-corrected chi connectivity index (χ0v) is 18.1. The van der Waals surface area contributed by atoms with Crippen LogP contribution in [0.3, 0.4) is 0 Å². The molecule has 4 aromatic rings. The highest BCUT2D eigenvalue weighted by Gasteiger charge is 2.20. The molecule has 0 spiro atoms. The van der Waals surface area contributed by atoms with Crippen LogP contribution in [0.2, 0.25) is 5.02 Å². The topological polar surface area (TPSA) is 95.6 Å². The van der Waals surface area contributed by atoms with Gasteiger partial charge in [0.15, 0.2) is 16.7 Å². The number of rotatable bonds is 6. The molecule has 0 unspecified atom stereocenters. The number of aromatic nitrogens is 2. The summed E-state index contributed by atoms with van der Waals surface area (Å²) in [6.07, 6.45) is 1.54. The van der Waals surface area contributed by atoms with Crippen LogP contribution in [-0.2, 0) is 11.3 Å². The van der Waals surface area contributed by atoms with Gasteiger partial charge in [0.05, 0.1) is 29.5 Å². The van der Waals surface area contributed by atoms with Gasteiger partial charge in [-0.05, 0) is 36.4 Å². The second-order valence-corrected chi connectivity index (χ2v) is 8.31. The molecule has 8 nitrogen and oxygen atoms in total. The van der Waals surface area contributed by atoms with Gasteiger partial charge in [0, 0.05) is 16.8 Å². The zero-order chi connectivity index (χ0) is 22.1. The smallest absolute Gasteiger partial charge is 0.262 e. The lowest BCUT2D eigenvalue weighted by Gasteiger charge is -2.12. The quantitative estimate of drug-likeness (QED) is 0.334. The van der Waals surface area contributed by atoms with Gasteiger partial charge in [0.25, 0.3) is 5.56 Å². The molecule has 3 heterocycles. The van der Waals surface area contributed by atoms with Crippen LogP contribution >= 0.6 is 23.4 Å². The van der Waals surface area contributed by atoms with E-state index in [9.17, 15) is 9.59 Å². The molecule has 0 radical (unpaired) electrons. The van der Waals surface area contributed by atoms with E-state index in [1.54, 1.807) is 48.5 Å². The fourth-order valence-electron chi connectivity index (χ4n) is 3.29. The maximum atomic E-state index is 13.3. The number of carbonyl (C=O) groups is 1. The van der Waals surface area contributed by atoms with Crippen LogP contribution in [0, 0.1) is 0 Å². The van der Waals surface area contributed by atoms with Crippen molar-refractivity contribution >= 4 is 45.9 Å². The van der Waals surface area contributed by atoms with Crippen molar-refractivity contribution in [2.75, 3.05) is 17.9 Å². The number of carbonyl (C=O) groups excluding carboxylic acids is 1. The number of anilines is 1. The minimum atomic E-state index is -0.262. The Balaban J connectivity index is 1.46. The average molecular weight is 470 g/mol. The molecule has 0 saturated carbocycles. The molecule has 5 rings (SSSR count). The molecule has 10 heteroatoms. The summed E-state index contributed by atoms with van der Waals surface area (Å²) in [5, 5.41) is 4.10. The monoisotopic (exact) mass is 469 g/mol. The summed E-state index contributed by atoms with van der Waals surface area (Å²) >= 11 is 7.13. The second-order valence-electron chi connectivity index (χ2n) is 6.93. The van der Waals surface area contributed by atoms with Crippen LogP contribution in [0.5, 0.6) is 11.5 Å². The maximum absolute atomic E-state index is 13.3. The Morgan fingerprint density at radius 3 is 2.78 bits per heavy atom. The van der Waals surface area contributed by atoms with Crippen molar-refractivity contribution in [3.8, 4) is 11.5 Å². The number of furan rings is 1. The first-order valence-corrected chi connectivity index (χ1v) is 11.0. The van der Waals surface area contributed by atoms with E-state index in [0.29, 0.717) is 44.0 Å². The number of hydrogen-bond acceptors (Lipinski definition) is 7. The zero-order valence-electron chi connectivity index (χ0n) is 16.5. The molecule has 2 aromatic carbocycles. The van der Waals surface area contributed by atoms with E-state index in [-0.39, 0.29) is 30.6 Å². The Hall–Kier alpha value is -3.43. The van der Waals surface area contributed by atoms with E-state index < -0.39 is 0 Å². The third-order valence-electron chi connectivity index (χ3n) is 4.75. The molecule has 1 amide bonds. The number of benzene rings is 2. The SMILES string of the molecule is O=C(CSc1nc2cc3c(cc2c(=O)n1Cc1ccco1)OCO3)Nc1cccc(Cl)c1. The number of thioether (sulfide) groups is 1. The number of nitrogens with one attached hydrogen (secondary N) is 1. The molecule has 0 atom stereocenters. The normalized spacial score (nSPS) is 12.3. The Bertz CT molecular complexity index is 1370. The molecule has 162 valence electrons. The summed E-state index contributed by atoms with van der Waals surface area (Å²) in [4.78, 5) is 30.4. The third-order valence-corrected chi connectivity index (χ3v) is 5.96. The number of amides is 1. The summed E-state index contributed by atoms with van der Waals surface area (Å²) in [6, 6.07) is 13.7. The first kappa shape index (κ1) is 20.5. The summed E-state index contributed by atoms with van der Waals surface area (Å²) < 4.78 is 17.7. The lowest BCUT2D eigenvalue weighted by atomic mass is 10.2. The fraction of sp³-hybridized carbons (Fsp3) is 0.136. The van der Waals surface area contributed by atoms with E-state index in [1.165, 1.54) is 10.8 Å².